The van der Waals surface area contributed by atoms with E-state index in [1.165, 1.54) is 0 Å². The summed E-state index contributed by atoms with van der Waals surface area (Å²) in [6.07, 6.45) is 0.857. The van der Waals surface area contributed by atoms with E-state index < -0.39 is 0 Å². The largest absolute Gasteiger partial charge is 0.496 e. The molecule has 0 spiro atoms. The fraction of sp³-hybridized carbons (Fsp3) is 0.208. The maximum atomic E-state index is 12.9. The second-order valence-corrected chi connectivity index (χ2v) is 6.55. The molecular formula is C24H25NO3. The molecule has 3 aromatic carbocycles. The predicted octanol–water partition coefficient (Wildman–Crippen LogP) is 5.40. The van der Waals surface area contributed by atoms with Crippen molar-refractivity contribution < 1.29 is 14.3 Å². The third-order valence-electron chi connectivity index (χ3n) is 4.66. The van der Waals surface area contributed by atoms with Gasteiger partial charge in [0.1, 0.15) is 18.1 Å². The Morgan fingerprint density at radius 1 is 0.964 bits per heavy atom. The molecule has 28 heavy (non-hydrogen) atoms. The molecule has 0 saturated carbocycles. The van der Waals surface area contributed by atoms with Crippen LogP contribution in [-0.2, 0) is 13.0 Å². The molecule has 0 atom stereocenters. The summed E-state index contributed by atoms with van der Waals surface area (Å²) in [7, 11) is 1.61. The monoisotopic (exact) mass is 375 g/mol. The first kappa shape index (κ1) is 19.5. The highest BCUT2D eigenvalue weighted by atomic mass is 16.5. The summed E-state index contributed by atoms with van der Waals surface area (Å²) in [5.74, 6) is 1.32. The molecule has 1 N–H and O–H groups in total. The third-order valence-corrected chi connectivity index (χ3v) is 4.66. The van der Waals surface area contributed by atoms with Gasteiger partial charge in [-0.3, -0.25) is 4.79 Å². The summed E-state index contributed by atoms with van der Waals surface area (Å²) in [6, 6.07) is 21.0. The van der Waals surface area contributed by atoms with E-state index in [0.29, 0.717) is 17.9 Å². The smallest absolute Gasteiger partial charge is 0.255 e. The van der Waals surface area contributed by atoms with Crippen LogP contribution in [0.2, 0.25) is 0 Å². The van der Waals surface area contributed by atoms with Crippen molar-refractivity contribution in [3.8, 4) is 11.5 Å². The summed E-state index contributed by atoms with van der Waals surface area (Å²) in [5.41, 5.74) is 4.44. The molecule has 0 aromatic heterocycles. The SMILES string of the molecule is CCc1cccc(C)c1NC(=O)c1ccc(OC)c(COc2ccccc2)c1. The number of methoxy groups -OCH3 is 1. The Kier molecular flexibility index (Phi) is 6.33. The lowest BCUT2D eigenvalue weighted by Crippen LogP contribution is -2.15. The van der Waals surface area contributed by atoms with Gasteiger partial charge in [0.05, 0.1) is 7.11 Å². The van der Waals surface area contributed by atoms with Crippen molar-refractivity contribution in [2.24, 2.45) is 0 Å². The maximum absolute atomic E-state index is 12.9. The normalized spacial score (nSPS) is 10.4. The van der Waals surface area contributed by atoms with E-state index in [1.54, 1.807) is 19.2 Å². The van der Waals surface area contributed by atoms with Crippen molar-refractivity contribution in [3.05, 3.63) is 89.0 Å². The number of benzene rings is 3. The second-order valence-electron chi connectivity index (χ2n) is 6.55. The molecule has 0 fully saturated rings. The number of hydrogen-bond donors (Lipinski definition) is 1. The highest BCUT2D eigenvalue weighted by Crippen LogP contribution is 2.25. The Morgan fingerprint density at radius 2 is 1.75 bits per heavy atom. The molecule has 0 aliphatic carbocycles. The average Bonchev–Trinajstić information content (AvgIpc) is 2.74. The van der Waals surface area contributed by atoms with Gasteiger partial charge in [0.15, 0.2) is 0 Å². The first-order valence-electron chi connectivity index (χ1n) is 9.37. The Bertz CT molecular complexity index is 951. The van der Waals surface area contributed by atoms with Gasteiger partial charge in [-0.2, -0.15) is 0 Å². The van der Waals surface area contributed by atoms with Gasteiger partial charge >= 0.3 is 0 Å². The molecular weight excluding hydrogens is 350 g/mol. The number of hydrogen-bond acceptors (Lipinski definition) is 3. The molecule has 0 heterocycles. The van der Waals surface area contributed by atoms with Gasteiger partial charge in [-0.05, 0) is 54.8 Å². The lowest BCUT2D eigenvalue weighted by molar-refractivity contribution is 0.102. The molecule has 0 radical (unpaired) electrons. The molecule has 0 aliphatic rings. The van der Waals surface area contributed by atoms with E-state index in [4.69, 9.17) is 9.47 Å². The number of para-hydroxylation sites is 2. The van der Waals surface area contributed by atoms with Crippen LogP contribution in [-0.4, -0.2) is 13.0 Å². The number of rotatable bonds is 7. The predicted molar refractivity (Wildman–Crippen MR) is 112 cm³/mol. The maximum Gasteiger partial charge on any atom is 0.255 e. The van der Waals surface area contributed by atoms with Gasteiger partial charge in [0, 0.05) is 16.8 Å². The second kappa shape index (κ2) is 9.09. The Hall–Kier alpha value is -3.27. The highest BCUT2D eigenvalue weighted by Gasteiger charge is 2.14. The summed E-state index contributed by atoms with van der Waals surface area (Å²) < 4.78 is 11.3. The first-order valence-corrected chi connectivity index (χ1v) is 9.37. The van der Waals surface area contributed by atoms with Gasteiger partial charge in [-0.25, -0.2) is 0 Å². The van der Waals surface area contributed by atoms with Gasteiger partial charge in [0.2, 0.25) is 0 Å². The highest BCUT2D eigenvalue weighted by molar-refractivity contribution is 6.05. The van der Waals surface area contributed by atoms with Gasteiger partial charge in [0.25, 0.3) is 5.91 Å². The molecule has 4 heteroatoms. The average molecular weight is 375 g/mol. The number of ether oxygens (including phenoxy) is 2. The number of anilines is 1. The van der Waals surface area contributed by atoms with Crippen molar-refractivity contribution in [1.82, 2.24) is 0 Å². The molecule has 0 saturated heterocycles. The fourth-order valence-corrected chi connectivity index (χ4v) is 3.10. The van der Waals surface area contributed by atoms with E-state index in [2.05, 4.69) is 12.2 Å². The van der Waals surface area contributed by atoms with Crippen LogP contribution in [0.5, 0.6) is 11.5 Å². The molecule has 0 bridgehead atoms. The standard InChI is InChI=1S/C24H25NO3/c1-4-18-10-8-9-17(2)23(18)25-24(26)19-13-14-22(27-3)20(15-19)16-28-21-11-6-5-7-12-21/h5-15H,4,16H2,1-3H3,(H,25,26). The lowest BCUT2D eigenvalue weighted by Gasteiger charge is -2.15. The number of nitrogens with one attached hydrogen (secondary N) is 1. The fourth-order valence-electron chi connectivity index (χ4n) is 3.10. The van der Waals surface area contributed by atoms with E-state index >= 15 is 0 Å². The molecule has 0 aliphatic heterocycles. The van der Waals surface area contributed by atoms with Gasteiger partial charge in [-0.15, -0.1) is 0 Å². The Morgan fingerprint density at radius 3 is 2.46 bits per heavy atom. The lowest BCUT2D eigenvalue weighted by atomic mass is 10.0. The van der Waals surface area contributed by atoms with Crippen molar-refractivity contribution in [3.63, 3.8) is 0 Å². The summed E-state index contributed by atoms with van der Waals surface area (Å²) in [5, 5.41) is 3.06. The summed E-state index contributed by atoms with van der Waals surface area (Å²) in [6.45, 7) is 4.40. The number of aryl methyl sites for hydroxylation is 2. The van der Waals surface area contributed by atoms with E-state index in [0.717, 1.165) is 34.5 Å². The van der Waals surface area contributed by atoms with Gasteiger partial charge in [-0.1, -0.05) is 43.3 Å². The third kappa shape index (κ3) is 4.52. The molecule has 4 nitrogen and oxygen atoms in total. The van der Waals surface area contributed by atoms with Crippen LogP contribution in [0.1, 0.15) is 34.0 Å². The van der Waals surface area contributed by atoms with Crippen LogP contribution >= 0.6 is 0 Å². The summed E-state index contributed by atoms with van der Waals surface area (Å²) in [4.78, 5) is 12.9. The zero-order valence-corrected chi connectivity index (χ0v) is 16.5. The zero-order chi connectivity index (χ0) is 19.9. The molecule has 1 amide bonds. The van der Waals surface area contributed by atoms with E-state index in [9.17, 15) is 4.79 Å². The van der Waals surface area contributed by atoms with E-state index in [-0.39, 0.29) is 5.91 Å². The minimum absolute atomic E-state index is 0.146. The van der Waals surface area contributed by atoms with Crippen molar-refractivity contribution in [2.45, 2.75) is 26.9 Å². The van der Waals surface area contributed by atoms with Gasteiger partial charge < -0.3 is 14.8 Å². The van der Waals surface area contributed by atoms with Crippen LogP contribution in [0, 0.1) is 6.92 Å². The number of carbonyl (C=O) groups is 1. The molecule has 0 unspecified atom stereocenters. The van der Waals surface area contributed by atoms with Crippen LogP contribution in [0.25, 0.3) is 0 Å². The van der Waals surface area contributed by atoms with Crippen LogP contribution < -0.4 is 14.8 Å². The van der Waals surface area contributed by atoms with Crippen molar-refractivity contribution >= 4 is 11.6 Å². The number of carbonyl (C=O) groups excluding carboxylic acids is 1. The molecule has 3 aromatic rings. The van der Waals surface area contributed by atoms with Crippen molar-refractivity contribution in [1.29, 1.82) is 0 Å². The molecule has 3 rings (SSSR count). The topological polar surface area (TPSA) is 47.6 Å². The first-order chi connectivity index (χ1) is 13.6. The zero-order valence-electron chi connectivity index (χ0n) is 16.5. The Labute approximate surface area is 166 Å². The number of amides is 1. The molecule has 144 valence electrons. The van der Waals surface area contributed by atoms with Crippen molar-refractivity contribution in [2.75, 3.05) is 12.4 Å². The van der Waals surface area contributed by atoms with Crippen LogP contribution in [0.4, 0.5) is 5.69 Å². The minimum atomic E-state index is -0.146. The summed E-state index contributed by atoms with van der Waals surface area (Å²) >= 11 is 0. The Balaban J connectivity index is 1.81. The van der Waals surface area contributed by atoms with E-state index in [1.807, 2.05) is 61.5 Å². The minimum Gasteiger partial charge on any atom is -0.496 e. The van der Waals surface area contributed by atoms with Crippen LogP contribution in [0.3, 0.4) is 0 Å². The van der Waals surface area contributed by atoms with Crippen LogP contribution in [0.15, 0.2) is 66.7 Å². The quantitative estimate of drug-likeness (QED) is 0.602.